The molecule has 0 unspecified atom stereocenters. The summed E-state index contributed by atoms with van der Waals surface area (Å²) in [4.78, 5) is 39.7. The molecule has 0 aliphatic carbocycles. The normalized spacial score (nSPS) is 19.4. The molecular weight excluding hydrogens is 819 g/mol. The van der Waals surface area contributed by atoms with Gasteiger partial charge in [0.25, 0.3) is 19.8 Å². The number of H-pyrrole nitrogens is 1. The van der Waals surface area contributed by atoms with Crippen molar-refractivity contribution in [2.45, 2.75) is 135 Å². The summed E-state index contributed by atoms with van der Waals surface area (Å²) in [5.74, 6) is -0.532. The predicted octanol–water partition coefficient (Wildman–Crippen LogP) is 8.12. The number of hydrogen-bond donors (Lipinski definition) is 3. The van der Waals surface area contributed by atoms with Gasteiger partial charge in [-0.3, -0.25) is 24.5 Å². The lowest BCUT2D eigenvalue weighted by Crippen LogP contribution is -2.66. The van der Waals surface area contributed by atoms with Gasteiger partial charge in [0.05, 0.1) is 19.5 Å². The number of hydrogen-bond acceptors (Lipinski definition) is 9. The molecule has 328 valence electrons. The second-order valence-electron chi connectivity index (χ2n) is 20.3. The Morgan fingerprint density at radius 1 is 0.803 bits per heavy atom. The highest BCUT2D eigenvalue weighted by Crippen LogP contribution is 2.44. The third-order valence-electron chi connectivity index (χ3n) is 13.0. The first-order valence-electron chi connectivity index (χ1n) is 21.1. The Balaban J connectivity index is 1.32. The van der Waals surface area contributed by atoms with E-state index < -0.39 is 61.0 Å². The Kier molecular flexibility index (Phi) is 13.1. The molecule has 5 aromatic rings. The summed E-state index contributed by atoms with van der Waals surface area (Å²) in [6.45, 7) is 28.4. The number of amides is 1. The maximum atomic E-state index is 14.2. The molecule has 3 heterocycles. The van der Waals surface area contributed by atoms with Crippen LogP contribution in [-0.2, 0) is 24.6 Å². The summed E-state index contributed by atoms with van der Waals surface area (Å²) < 4.78 is 28.9. The summed E-state index contributed by atoms with van der Waals surface area (Å²) in [6, 6.07) is 28.0. The van der Waals surface area contributed by atoms with Crippen LogP contribution in [0.1, 0.15) is 84.5 Å². The number of nitrogens with one attached hydrogen (secondary N) is 2. The van der Waals surface area contributed by atoms with Gasteiger partial charge in [0.15, 0.2) is 34.0 Å². The minimum Gasteiger partial charge on any atom is -0.414 e. The second-order valence-corrected chi connectivity index (χ2v) is 34.1. The van der Waals surface area contributed by atoms with E-state index in [2.05, 4.69) is 128 Å². The van der Waals surface area contributed by atoms with Crippen LogP contribution >= 0.6 is 0 Å². The van der Waals surface area contributed by atoms with Crippen LogP contribution in [0.5, 0.6) is 0 Å². The average Bonchev–Trinajstić information content (AvgIpc) is 3.74. The predicted molar refractivity (Wildman–Crippen MR) is 250 cm³/mol. The lowest BCUT2D eigenvalue weighted by Gasteiger charge is -2.43. The van der Waals surface area contributed by atoms with Crippen molar-refractivity contribution in [2.75, 3.05) is 11.9 Å². The summed E-state index contributed by atoms with van der Waals surface area (Å²) >= 11 is 0. The van der Waals surface area contributed by atoms with Crippen molar-refractivity contribution in [1.82, 2.24) is 19.5 Å². The van der Waals surface area contributed by atoms with Gasteiger partial charge >= 0.3 is 0 Å². The quantitative estimate of drug-likeness (QED) is 0.0998. The van der Waals surface area contributed by atoms with E-state index in [1.807, 2.05) is 48.5 Å². The second kappa shape index (κ2) is 17.2. The number of aliphatic hydroxyl groups is 1. The van der Waals surface area contributed by atoms with E-state index >= 15 is 0 Å². The maximum Gasteiger partial charge on any atom is 0.280 e. The number of anilines is 1. The first kappa shape index (κ1) is 46.4. The van der Waals surface area contributed by atoms with Gasteiger partial charge in [0.2, 0.25) is 5.95 Å². The van der Waals surface area contributed by atoms with Gasteiger partial charge in [0.1, 0.15) is 18.3 Å². The lowest BCUT2D eigenvalue weighted by atomic mass is 10.1. The summed E-state index contributed by atoms with van der Waals surface area (Å²) in [5, 5.41) is 16.5. The van der Waals surface area contributed by atoms with Crippen LogP contribution in [0.15, 0.2) is 96.1 Å². The zero-order chi connectivity index (χ0) is 44.8. The fourth-order valence-electron chi connectivity index (χ4n) is 7.39. The molecule has 1 aliphatic rings. The van der Waals surface area contributed by atoms with Crippen molar-refractivity contribution in [1.29, 1.82) is 0 Å². The zero-order valence-corrected chi connectivity index (χ0v) is 41.1. The van der Waals surface area contributed by atoms with Crippen molar-refractivity contribution >= 4 is 58.3 Å². The van der Waals surface area contributed by atoms with E-state index in [9.17, 15) is 14.7 Å². The molecule has 0 spiro atoms. The number of imidazole rings is 1. The molecule has 0 radical (unpaired) electrons. The minimum absolute atomic E-state index is 0.0457. The van der Waals surface area contributed by atoms with Gasteiger partial charge in [-0.05, 0) is 63.3 Å². The number of fused-ring (bicyclic) bond motifs is 1. The molecular formula is C46H65N5O7Si3. The van der Waals surface area contributed by atoms with Gasteiger partial charge in [-0.15, -0.1) is 0 Å². The SMILES string of the molecule is CC(C)(C)[Si](C)(C)OC[C@H]1O[C@@H](n2cnc3c(=O)[nH]c(NC(=O)c4ccccc4CO[Si](c4ccccc4)(c4ccccc4)C(C)(C)C)nc32)[C@H](O[Si](C)(C)C(C)(C)C)[C@@H]1O. The van der Waals surface area contributed by atoms with Crippen molar-refractivity contribution in [3.05, 3.63) is 113 Å². The van der Waals surface area contributed by atoms with Crippen molar-refractivity contribution in [3.63, 3.8) is 0 Å². The monoisotopic (exact) mass is 883 g/mol. The Hall–Kier alpha value is -4.07. The Morgan fingerprint density at radius 3 is 1.92 bits per heavy atom. The molecule has 0 saturated carbocycles. The molecule has 2 aromatic heterocycles. The highest BCUT2D eigenvalue weighted by atomic mass is 28.4. The van der Waals surface area contributed by atoms with Gasteiger partial charge in [-0.25, -0.2) is 4.98 Å². The first-order valence-corrected chi connectivity index (χ1v) is 28.9. The van der Waals surface area contributed by atoms with E-state index in [1.54, 1.807) is 16.7 Å². The number of carbonyl (C=O) groups excluding carboxylic acids is 1. The number of aromatic amines is 1. The number of nitrogens with zero attached hydrogens (tertiary/aromatic N) is 3. The molecule has 1 amide bonds. The van der Waals surface area contributed by atoms with Crippen LogP contribution in [0.3, 0.4) is 0 Å². The number of aliphatic hydroxyl groups excluding tert-OH is 1. The zero-order valence-electron chi connectivity index (χ0n) is 38.1. The van der Waals surface area contributed by atoms with Gasteiger partial charge in [-0.1, -0.05) is 141 Å². The van der Waals surface area contributed by atoms with Crippen LogP contribution in [0.2, 0.25) is 41.3 Å². The van der Waals surface area contributed by atoms with Crippen molar-refractivity contribution < 1.29 is 27.9 Å². The van der Waals surface area contributed by atoms with E-state index in [-0.39, 0.29) is 45.4 Å². The number of ether oxygens (including phenoxy) is 1. The van der Waals surface area contributed by atoms with E-state index in [0.29, 0.717) is 11.1 Å². The molecule has 6 rings (SSSR count). The van der Waals surface area contributed by atoms with Crippen molar-refractivity contribution in [3.8, 4) is 0 Å². The minimum atomic E-state index is -2.92. The summed E-state index contributed by atoms with van der Waals surface area (Å²) in [6.07, 6.45) is -1.97. The molecule has 1 fully saturated rings. The fraction of sp³-hybridized carbons (Fsp3) is 0.478. The molecule has 3 N–H and O–H groups in total. The molecule has 3 aromatic carbocycles. The highest BCUT2D eigenvalue weighted by Gasteiger charge is 2.52. The van der Waals surface area contributed by atoms with Gasteiger partial charge < -0.3 is 23.1 Å². The van der Waals surface area contributed by atoms with Crippen LogP contribution in [-0.4, -0.2) is 80.4 Å². The molecule has 4 atom stereocenters. The summed E-state index contributed by atoms with van der Waals surface area (Å²) in [7, 11) is -7.59. The molecule has 1 aliphatic heterocycles. The Bertz CT molecular complexity index is 2330. The van der Waals surface area contributed by atoms with Crippen molar-refractivity contribution in [2.24, 2.45) is 0 Å². The van der Waals surface area contributed by atoms with E-state index in [0.717, 1.165) is 10.4 Å². The third-order valence-corrected chi connectivity index (χ3v) is 27.0. The van der Waals surface area contributed by atoms with E-state index in [1.165, 1.54) is 6.33 Å². The Morgan fingerprint density at radius 2 is 1.36 bits per heavy atom. The number of carbonyl (C=O) groups is 1. The van der Waals surface area contributed by atoms with E-state index in [4.69, 9.17) is 23.0 Å². The van der Waals surface area contributed by atoms with Gasteiger partial charge in [0, 0.05) is 5.56 Å². The molecule has 12 nitrogen and oxygen atoms in total. The van der Waals surface area contributed by atoms with Crippen LogP contribution in [0.25, 0.3) is 11.2 Å². The number of benzene rings is 3. The highest BCUT2D eigenvalue weighted by molar-refractivity contribution is 6.99. The van der Waals surface area contributed by atoms with Gasteiger partial charge in [-0.2, -0.15) is 4.98 Å². The first-order chi connectivity index (χ1) is 28.4. The Labute approximate surface area is 363 Å². The van der Waals surface area contributed by atoms with Crippen LogP contribution in [0, 0.1) is 0 Å². The standard InChI is InChI=1S/C46H65N5O7Si3/c1-44(2,3)59(10,11)55-29-35-37(52)38(58-60(12,13)45(4,5)6)42(57-35)51-30-47-36-39(51)48-43(50-41(36)54)49-40(53)34-27-21-20-22-31(34)28-56-61(46(7,8)9,32-23-16-14-17-24-32)33-25-18-15-19-26-33/h14-27,30,35,37-38,42,52H,28-29H2,1-13H3,(H2,48,49,50,53,54)/t35-,37-,38-,42-/m1/s1. The molecule has 61 heavy (non-hydrogen) atoms. The largest absolute Gasteiger partial charge is 0.414 e. The molecule has 15 heteroatoms. The number of aromatic nitrogens is 4. The van der Waals surface area contributed by atoms with Crippen LogP contribution < -0.4 is 21.2 Å². The fourth-order valence-corrected chi connectivity index (χ4v) is 14.2. The third kappa shape index (κ3) is 9.35. The average molecular weight is 884 g/mol. The molecule has 0 bridgehead atoms. The lowest BCUT2D eigenvalue weighted by molar-refractivity contribution is -0.0475. The summed E-state index contributed by atoms with van der Waals surface area (Å²) in [5.41, 5.74) is 0.759. The number of rotatable bonds is 13. The smallest absolute Gasteiger partial charge is 0.280 e. The van der Waals surface area contributed by atoms with Crippen LogP contribution in [0.4, 0.5) is 5.95 Å². The topological polar surface area (TPSA) is 150 Å². The molecule has 1 saturated heterocycles. The maximum absolute atomic E-state index is 14.2.